The molecule has 1 aromatic rings. The highest BCUT2D eigenvalue weighted by Crippen LogP contribution is 2.14. The summed E-state index contributed by atoms with van der Waals surface area (Å²) < 4.78 is 39.0. The lowest BCUT2D eigenvalue weighted by atomic mass is 10.2. The zero-order chi connectivity index (χ0) is 15.8. The summed E-state index contributed by atoms with van der Waals surface area (Å²) in [5.74, 6) is -5.34. The second kappa shape index (κ2) is 8.51. The summed E-state index contributed by atoms with van der Waals surface area (Å²) in [6, 6.07) is 1.52. The predicted octanol–water partition coefficient (Wildman–Crippen LogP) is 1.97. The minimum Gasteiger partial charge on any atom is -0.354 e. The van der Waals surface area contributed by atoms with Crippen LogP contribution in [0.2, 0.25) is 0 Å². The molecule has 0 atom stereocenters. The Kier molecular flexibility index (Phi) is 7.01. The Morgan fingerprint density at radius 1 is 1.05 bits per heavy atom. The molecular weight excluding hydrogens is 309 g/mol. The molecule has 2 amide bonds. The Hall–Kier alpha value is -1.76. The van der Waals surface area contributed by atoms with E-state index >= 15 is 0 Å². The SMILES string of the molecule is O=C(CCCCl)NCCNC(=O)c1ccc(F)c(F)c1F. The molecular formula is C13H14ClF3N2O2. The normalized spacial score (nSPS) is 10.3. The van der Waals surface area contributed by atoms with Gasteiger partial charge in [-0.15, -0.1) is 11.6 Å². The van der Waals surface area contributed by atoms with Gasteiger partial charge in [0.15, 0.2) is 17.5 Å². The second-order valence-corrected chi connectivity index (χ2v) is 4.50. The molecule has 4 nitrogen and oxygen atoms in total. The van der Waals surface area contributed by atoms with Crippen molar-refractivity contribution in [1.29, 1.82) is 0 Å². The number of benzene rings is 1. The molecule has 21 heavy (non-hydrogen) atoms. The van der Waals surface area contributed by atoms with Gasteiger partial charge in [-0.2, -0.15) is 0 Å². The number of carbonyl (C=O) groups is 2. The van der Waals surface area contributed by atoms with Crippen LogP contribution in [-0.4, -0.2) is 30.8 Å². The van der Waals surface area contributed by atoms with E-state index < -0.39 is 28.9 Å². The van der Waals surface area contributed by atoms with Crippen molar-refractivity contribution in [1.82, 2.24) is 10.6 Å². The first-order valence-electron chi connectivity index (χ1n) is 6.21. The van der Waals surface area contributed by atoms with Crippen LogP contribution in [0.5, 0.6) is 0 Å². The van der Waals surface area contributed by atoms with E-state index in [4.69, 9.17) is 11.6 Å². The molecule has 0 aliphatic rings. The van der Waals surface area contributed by atoms with Crippen molar-refractivity contribution in [3.63, 3.8) is 0 Å². The number of amides is 2. The molecule has 0 aromatic heterocycles. The maximum Gasteiger partial charge on any atom is 0.254 e. The van der Waals surface area contributed by atoms with Crippen LogP contribution in [0.1, 0.15) is 23.2 Å². The van der Waals surface area contributed by atoms with Gasteiger partial charge in [0.2, 0.25) is 5.91 Å². The Balaban J connectivity index is 2.41. The van der Waals surface area contributed by atoms with Crippen molar-refractivity contribution in [2.24, 2.45) is 0 Å². The van der Waals surface area contributed by atoms with Gasteiger partial charge in [-0.25, -0.2) is 13.2 Å². The minimum absolute atomic E-state index is 0.0316. The zero-order valence-corrected chi connectivity index (χ0v) is 11.8. The second-order valence-electron chi connectivity index (χ2n) is 4.12. The molecule has 0 fully saturated rings. The van der Waals surface area contributed by atoms with Gasteiger partial charge < -0.3 is 10.6 Å². The van der Waals surface area contributed by atoms with E-state index in [0.717, 1.165) is 6.07 Å². The Morgan fingerprint density at radius 2 is 1.71 bits per heavy atom. The molecule has 0 spiro atoms. The molecule has 0 bridgehead atoms. The van der Waals surface area contributed by atoms with Crippen LogP contribution in [0.25, 0.3) is 0 Å². The van der Waals surface area contributed by atoms with E-state index in [0.29, 0.717) is 18.4 Å². The summed E-state index contributed by atoms with van der Waals surface area (Å²) in [4.78, 5) is 22.8. The standard InChI is InChI=1S/C13H14ClF3N2O2/c14-5-1-2-10(20)18-6-7-19-13(21)8-3-4-9(15)12(17)11(8)16/h3-4H,1-2,5-7H2,(H,18,20)(H,19,21). The van der Waals surface area contributed by atoms with Gasteiger partial charge in [-0.1, -0.05) is 0 Å². The third-order valence-corrected chi connectivity index (χ3v) is 2.82. The fourth-order valence-electron chi connectivity index (χ4n) is 1.49. The van der Waals surface area contributed by atoms with Crippen LogP contribution in [0.15, 0.2) is 12.1 Å². The average Bonchev–Trinajstić information content (AvgIpc) is 2.47. The zero-order valence-electron chi connectivity index (χ0n) is 11.0. The molecule has 116 valence electrons. The molecule has 0 saturated carbocycles. The molecule has 0 aliphatic carbocycles. The molecule has 2 N–H and O–H groups in total. The molecule has 1 aromatic carbocycles. The first kappa shape index (κ1) is 17.3. The van der Waals surface area contributed by atoms with E-state index in [1.807, 2.05) is 0 Å². The molecule has 0 aliphatic heterocycles. The van der Waals surface area contributed by atoms with E-state index in [1.165, 1.54) is 0 Å². The Labute approximate surface area is 124 Å². The number of halogens is 4. The summed E-state index contributed by atoms with van der Waals surface area (Å²) >= 11 is 5.43. The van der Waals surface area contributed by atoms with Crippen molar-refractivity contribution < 1.29 is 22.8 Å². The summed E-state index contributed by atoms with van der Waals surface area (Å²) in [7, 11) is 0. The predicted molar refractivity (Wildman–Crippen MR) is 71.6 cm³/mol. The van der Waals surface area contributed by atoms with Gasteiger partial charge in [0.1, 0.15) is 0 Å². The lowest BCUT2D eigenvalue weighted by Crippen LogP contribution is -2.35. The molecule has 8 heteroatoms. The number of rotatable bonds is 7. The van der Waals surface area contributed by atoms with Crippen LogP contribution in [0, 0.1) is 17.5 Å². The van der Waals surface area contributed by atoms with Crippen LogP contribution in [0.4, 0.5) is 13.2 Å². The van der Waals surface area contributed by atoms with Crippen molar-refractivity contribution in [2.75, 3.05) is 19.0 Å². The van der Waals surface area contributed by atoms with Gasteiger partial charge in [0.25, 0.3) is 5.91 Å². The molecule has 0 unspecified atom stereocenters. The third-order valence-electron chi connectivity index (χ3n) is 2.55. The van der Waals surface area contributed by atoms with Gasteiger partial charge in [0.05, 0.1) is 5.56 Å². The van der Waals surface area contributed by atoms with Crippen LogP contribution in [0.3, 0.4) is 0 Å². The topological polar surface area (TPSA) is 58.2 Å². The number of hydrogen-bond donors (Lipinski definition) is 2. The summed E-state index contributed by atoms with van der Waals surface area (Å²) in [6.07, 6.45) is 0.815. The van der Waals surface area contributed by atoms with Crippen LogP contribution < -0.4 is 10.6 Å². The Morgan fingerprint density at radius 3 is 2.38 bits per heavy atom. The monoisotopic (exact) mass is 322 g/mol. The summed E-state index contributed by atoms with van der Waals surface area (Å²) in [5, 5.41) is 4.81. The fraction of sp³-hybridized carbons (Fsp3) is 0.385. The van der Waals surface area contributed by atoms with Gasteiger partial charge in [0, 0.05) is 25.4 Å². The highest BCUT2D eigenvalue weighted by molar-refractivity contribution is 6.17. The maximum atomic E-state index is 13.3. The van der Waals surface area contributed by atoms with Crippen molar-refractivity contribution in [2.45, 2.75) is 12.8 Å². The molecule has 1 rings (SSSR count). The summed E-state index contributed by atoms with van der Waals surface area (Å²) in [6.45, 7) is 0.169. The third kappa shape index (κ3) is 5.26. The highest BCUT2D eigenvalue weighted by Gasteiger charge is 2.18. The first-order valence-corrected chi connectivity index (χ1v) is 6.75. The minimum atomic E-state index is -1.70. The van der Waals surface area contributed by atoms with Gasteiger partial charge in [-0.05, 0) is 18.6 Å². The van der Waals surface area contributed by atoms with E-state index in [1.54, 1.807) is 0 Å². The smallest absolute Gasteiger partial charge is 0.254 e. The van der Waals surface area contributed by atoms with Crippen molar-refractivity contribution in [3.05, 3.63) is 35.1 Å². The number of nitrogens with one attached hydrogen (secondary N) is 2. The highest BCUT2D eigenvalue weighted by atomic mass is 35.5. The average molecular weight is 323 g/mol. The van der Waals surface area contributed by atoms with Crippen molar-refractivity contribution in [3.8, 4) is 0 Å². The number of hydrogen-bond acceptors (Lipinski definition) is 2. The maximum absolute atomic E-state index is 13.3. The molecule has 0 radical (unpaired) electrons. The quantitative estimate of drug-likeness (QED) is 0.458. The first-order chi connectivity index (χ1) is 9.97. The lowest BCUT2D eigenvalue weighted by molar-refractivity contribution is -0.121. The van der Waals surface area contributed by atoms with Crippen LogP contribution in [-0.2, 0) is 4.79 Å². The largest absolute Gasteiger partial charge is 0.354 e. The summed E-state index contributed by atoms with van der Waals surface area (Å²) in [5.41, 5.74) is -0.595. The van der Waals surface area contributed by atoms with E-state index in [-0.39, 0.29) is 25.4 Å². The number of carbonyl (C=O) groups excluding carboxylic acids is 2. The van der Waals surface area contributed by atoms with Crippen LogP contribution >= 0.6 is 11.6 Å². The fourth-order valence-corrected chi connectivity index (χ4v) is 1.62. The van der Waals surface area contributed by atoms with Gasteiger partial charge >= 0.3 is 0 Å². The Bertz CT molecular complexity index is 526. The van der Waals surface area contributed by atoms with E-state index in [2.05, 4.69) is 10.6 Å². The molecule has 0 heterocycles. The van der Waals surface area contributed by atoms with Crippen molar-refractivity contribution >= 4 is 23.4 Å². The van der Waals surface area contributed by atoms with E-state index in [9.17, 15) is 22.8 Å². The van der Waals surface area contributed by atoms with Gasteiger partial charge in [-0.3, -0.25) is 9.59 Å². The lowest BCUT2D eigenvalue weighted by Gasteiger charge is -2.08. The number of alkyl halides is 1. The molecule has 0 saturated heterocycles.